The number of benzene rings is 1. The molecule has 3 rings (SSSR count). The Morgan fingerprint density at radius 2 is 1.93 bits per heavy atom. The molecule has 1 aliphatic heterocycles. The van der Waals surface area contributed by atoms with Gasteiger partial charge in [0, 0.05) is 36.1 Å². The number of hydrogen-bond donors (Lipinski definition) is 2. The Bertz CT molecular complexity index is 906. The van der Waals surface area contributed by atoms with E-state index in [9.17, 15) is 8.42 Å². The zero-order valence-electron chi connectivity index (χ0n) is 16.2. The second kappa shape index (κ2) is 7.82. The highest BCUT2D eigenvalue weighted by Gasteiger charge is 2.37. The average Bonchev–Trinajstić information content (AvgIpc) is 2.97. The van der Waals surface area contributed by atoms with Gasteiger partial charge in [0.1, 0.15) is 5.82 Å². The molecule has 1 saturated heterocycles. The van der Waals surface area contributed by atoms with Crippen LogP contribution < -0.4 is 10.6 Å². The Morgan fingerprint density at radius 1 is 1.22 bits per heavy atom. The summed E-state index contributed by atoms with van der Waals surface area (Å²) in [5.41, 5.74) is 1.56. The lowest BCUT2D eigenvalue weighted by molar-refractivity contribution is 0.350. The number of aromatic nitrogens is 2. The van der Waals surface area contributed by atoms with Gasteiger partial charge in [0.2, 0.25) is 16.0 Å². The lowest BCUT2D eigenvalue weighted by Gasteiger charge is -2.25. The summed E-state index contributed by atoms with van der Waals surface area (Å²) < 4.78 is 27.9. The molecule has 1 aromatic heterocycles. The molecule has 7 nitrogen and oxygen atoms in total. The van der Waals surface area contributed by atoms with Crippen molar-refractivity contribution in [3.63, 3.8) is 0 Å². The maximum absolute atomic E-state index is 13.1. The maximum Gasteiger partial charge on any atom is 0.243 e. The van der Waals surface area contributed by atoms with Crippen molar-refractivity contribution in [3.8, 4) is 0 Å². The third kappa shape index (κ3) is 4.06. The van der Waals surface area contributed by atoms with E-state index >= 15 is 0 Å². The van der Waals surface area contributed by atoms with Crippen molar-refractivity contribution in [1.82, 2.24) is 14.3 Å². The number of aryl methyl sites for hydroxylation is 1. The summed E-state index contributed by atoms with van der Waals surface area (Å²) in [5.74, 6) is 1.19. The summed E-state index contributed by atoms with van der Waals surface area (Å²) in [7, 11) is -3.53. The van der Waals surface area contributed by atoms with E-state index < -0.39 is 10.0 Å². The zero-order chi connectivity index (χ0) is 19.6. The lowest BCUT2D eigenvalue weighted by atomic mass is 10.2. The van der Waals surface area contributed by atoms with Gasteiger partial charge in [-0.2, -0.15) is 9.29 Å². The number of anilines is 3. The topological polar surface area (TPSA) is 87.2 Å². The second-order valence-electron chi connectivity index (χ2n) is 7.02. The fraction of sp³-hybridized carbons (Fsp3) is 0.474. The van der Waals surface area contributed by atoms with Crippen molar-refractivity contribution in [2.75, 3.05) is 17.2 Å². The van der Waals surface area contributed by atoms with Gasteiger partial charge < -0.3 is 10.6 Å². The Hall–Kier alpha value is -2.19. The van der Waals surface area contributed by atoms with Crippen LogP contribution in [0, 0.1) is 6.92 Å². The third-order valence-corrected chi connectivity index (χ3v) is 6.97. The van der Waals surface area contributed by atoms with Crippen LogP contribution in [0.15, 0.2) is 35.4 Å². The Kier molecular flexibility index (Phi) is 5.67. The largest absolute Gasteiger partial charge is 0.354 e. The highest BCUT2D eigenvalue weighted by atomic mass is 32.2. The van der Waals surface area contributed by atoms with Crippen LogP contribution in [0.3, 0.4) is 0 Å². The molecule has 0 bridgehead atoms. The van der Waals surface area contributed by atoms with Crippen LogP contribution >= 0.6 is 0 Å². The molecule has 0 spiro atoms. The van der Waals surface area contributed by atoms with Gasteiger partial charge in [-0.3, -0.25) is 0 Å². The fourth-order valence-corrected chi connectivity index (χ4v) is 5.38. The summed E-state index contributed by atoms with van der Waals surface area (Å²) in [5, 5.41) is 6.30. The first-order valence-corrected chi connectivity index (χ1v) is 10.7. The maximum atomic E-state index is 13.1. The molecule has 1 aliphatic rings. The molecular weight excluding hydrogens is 362 g/mol. The van der Waals surface area contributed by atoms with Crippen LogP contribution in [0.4, 0.5) is 17.5 Å². The minimum Gasteiger partial charge on any atom is -0.354 e. The molecule has 2 N–H and O–H groups in total. The van der Waals surface area contributed by atoms with Crippen molar-refractivity contribution < 1.29 is 8.42 Å². The summed E-state index contributed by atoms with van der Waals surface area (Å²) in [6, 6.07) is 6.95. The van der Waals surface area contributed by atoms with Crippen molar-refractivity contribution >= 4 is 27.5 Å². The van der Waals surface area contributed by atoms with Crippen molar-refractivity contribution in [2.24, 2.45) is 0 Å². The van der Waals surface area contributed by atoms with Crippen molar-refractivity contribution in [1.29, 1.82) is 0 Å². The highest BCUT2D eigenvalue weighted by molar-refractivity contribution is 7.89. The van der Waals surface area contributed by atoms with E-state index in [0.29, 0.717) is 22.3 Å². The predicted molar refractivity (Wildman–Crippen MR) is 108 cm³/mol. The Labute approximate surface area is 161 Å². The summed E-state index contributed by atoms with van der Waals surface area (Å²) in [4.78, 5) is 8.99. The SMILES string of the molecule is CCNc1ncc(C)c(Nc2cccc(S(=O)(=O)N3C(C)CCC3C)c2)n1. The number of nitrogens with zero attached hydrogens (tertiary/aromatic N) is 3. The monoisotopic (exact) mass is 389 g/mol. The normalized spacial score (nSPS) is 20.6. The van der Waals surface area contributed by atoms with Crippen LogP contribution in [0.5, 0.6) is 0 Å². The molecule has 2 aromatic rings. The van der Waals surface area contributed by atoms with Crippen LogP contribution in [-0.4, -0.2) is 41.3 Å². The second-order valence-corrected chi connectivity index (χ2v) is 8.86. The minimum absolute atomic E-state index is 0.0217. The van der Waals surface area contributed by atoms with Crippen molar-refractivity contribution in [2.45, 2.75) is 57.5 Å². The molecule has 0 aliphatic carbocycles. The summed E-state index contributed by atoms with van der Waals surface area (Å²) in [6.45, 7) is 8.55. The summed E-state index contributed by atoms with van der Waals surface area (Å²) in [6.07, 6.45) is 3.53. The van der Waals surface area contributed by atoms with Crippen LogP contribution in [-0.2, 0) is 10.0 Å². The quantitative estimate of drug-likeness (QED) is 0.786. The number of sulfonamides is 1. The van der Waals surface area contributed by atoms with Crippen LogP contribution in [0.1, 0.15) is 39.2 Å². The Balaban J connectivity index is 1.89. The lowest BCUT2D eigenvalue weighted by Crippen LogP contribution is -2.38. The predicted octanol–water partition coefficient (Wildman–Crippen LogP) is 3.52. The molecule has 2 unspecified atom stereocenters. The van der Waals surface area contributed by atoms with E-state index in [0.717, 1.165) is 24.9 Å². The molecular formula is C19H27N5O2S. The first kappa shape index (κ1) is 19.6. The molecule has 8 heteroatoms. The summed E-state index contributed by atoms with van der Waals surface area (Å²) >= 11 is 0. The molecule has 2 heterocycles. The highest BCUT2D eigenvalue weighted by Crippen LogP contribution is 2.31. The zero-order valence-corrected chi connectivity index (χ0v) is 17.0. The molecule has 146 valence electrons. The van der Waals surface area contributed by atoms with Crippen LogP contribution in [0.2, 0.25) is 0 Å². The average molecular weight is 390 g/mol. The van der Waals surface area contributed by atoms with Gasteiger partial charge in [-0.05, 0) is 58.7 Å². The first-order valence-electron chi connectivity index (χ1n) is 9.31. The van der Waals surface area contributed by atoms with E-state index in [4.69, 9.17) is 0 Å². The molecule has 0 radical (unpaired) electrons. The van der Waals surface area contributed by atoms with E-state index in [1.807, 2.05) is 33.8 Å². The molecule has 0 saturated carbocycles. The van der Waals surface area contributed by atoms with Gasteiger partial charge in [-0.1, -0.05) is 6.07 Å². The van der Waals surface area contributed by atoms with Crippen LogP contribution in [0.25, 0.3) is 0 Å². The fourth-order valence-electron chi connectivity index (χ4n) is 3.45. The van der Waals surface area contributed by atoms with Gasteiger partial charge in [-0.15, -0.1) is 0 Å². The van der Waals surface area contributed by atoms with Gasteiger partial charge in [0.05, 0.1) is 4.90 Å². The molecule has 2 atom stereocenters. The smallest absolute Gasteiger partial charge is 0.243 e. The van der Waals surface area contributed by atoms with Gasteiger partial charge in [0.15, 0.2) is 0 Å². The molecule has 1 aromatic carbocycles. The van der Waals surface area contributed by atoms with E-state index in [2.05, 4.69) is 20.6 Å². The number of nitrogens with one attached hydrogen (secondary N) is 2. The van der Waals surface area contributed by atoms with E-state index in [-0.39, 0.29) is 12.1 Å². The third-order valence-electron chi connectivity index (χ3n) is 4.85. The number of rotatable bonds is 6. The van der Waals surface area contributed by atoms with Gasteiger partial charge >= 0.3 is 0 Å². The van der Waals surface area contributed by atoms with Gasteiger partial charge in [-0.25, -0.2) is 13.4 Å². The molecule has 0 amide bonds. The van der Waals surface area contributed by atoms with E-state index in [1.165, 1.54) is 0 Å². The number of hydrogen-bond acceptors (Lipinski definition) is 6. The minimum atomic E-state index is -3.53. The van der Waals surface area contributed by atoms with E-state index in [1.54, 1.807) is 28.7 Å². The molecule has 1 fully saturated rings. The molecule has 27 heavy (non-hydrogen) atoms. The standard InChI is InChI=1S/C19H27N5O2S/c1-5-20-19-21-12-13(2)18(23-19)22-16-7-6-8-17(11-16)27(25,26)24-14(3)9-10-15(24)4/h6-8,11-12,14-15H,5,9-10H2,1-4H3,(H2,20,21,22,23). The first-order chi connectivity index (χ1) is 12.8. The van der Waals surface area contributed by atoms with Crippen molar-refractivity contribution in [3.05, 3.63) is 36.0 Å². The Morgan fingerprint density at radius 3 is 2.59 bits per heavy atom. The van der Waals surface area contributed by atoms with Gasteiger partial charge in [0.25, 0.3) is 0 Å².